The molecule has 0 saturated carbocycles. The van der Waals surface area contributed by atoms with E-state index in [1.165, 1.54) is 23.3 Å². The number of hydrogen-bond donors (Lipinski definition) is 3. The van der Waals surface area contributed by atoms with E-state index in [1.807, 2.05) is 29.5 Å². The first-order valence-electron chi connectivity index (χ1n) is 11.4. The van der Waals surface area contributed by atoms with E-state index in [2.05, 4.69) is 51.4 Å². The molecule has 1 atom stereocenters. The lowest BCUT2D eigenvalue weighted by molar-refractivity contribution is -0.116. The highest BCUT2D eigenvalue weighted by Gasteiger charge is 2.25. The third kappa shape index (κ3) is 6.92. The number of nitrogens with zero attached hydrogens (tertiary/aromatic N) is 2. The summed E-state index contributed by atoms with van der Waals surface area (Å²) in [5, 5.41) is 12.0. The average Bonchev–Trinajstić information content (AvgIpc) is 3.29. The first-order chi connectivity index (χ1) is 15.2. The number of rotatable bonds is 7. The summed E-state index contributed by atoms with van der Waals surface area (Å²) in [5.74, 6) is 1.74. The number of thiophene rings is 1. The van der Waals surface area contributed by atoms with E-state index in [1.54, 1.807) is 0 Å². The summed E-state index contributed by atoms with van der Waals surface area (Å²) in [4.78, 5) is 21.0. The second kappa shape index (κ2) is 12.6. The largest absolute Gasteiger partial charge is 0.357 e. The molecule has 0 bridgehead atoms. The zero-order valence-electron chi connectivity index (χ0n) is 18.7. The van der Waals surface area contributed by atoms with Crippen molar-refractivity contribution in [2.45, 2.75) is 38.6 Å². The Bertz CT molecular complexity index is 880. The van der Waals surface area contributed by atoms with E-state index >= 15 is 0 Å². The number of carbonyl (C=O) groups excluding carboxylic acids is 1. The zero-order chi connectivity index (χ0) is 21.5. The molecule has 2 aliphatic heterocycles. The Morgan fingerprint density at radius 3 is 2.75 bits per heavy atom. The van der Waals surface area contributed by atoms with Crippen molar-refractivity contribution in [1.29, 1.82) is 0 Å². The van der Waals surface area contributed by atoms with E-state index in [-0.39, 0.29) is 35.8 Å². The van der Waals surface area contributed by atoms with Gasteiger partial charge >= 0.3 is 0 Å². The van der Waals surface area contributed by atoms with Crippen LogP contribution in [0, 0.1) is 5.92 Å². The van der Waals surface area contributed by atoms with Gasteiger partial charge in [-0.2, -0.15) is 0 Å². The van der Waals surface area contributed by atoms with Crippen LogP contribution in [0.25, 0.3) is 0 Å². The maximum Gasteiger partial charge on any atom is 0.225 e. The molecule has 3 heterocycles. The Balaban J connectivity index is 0.00000289. The average molecular weight is 568 g/mol. The molecule has 0 aliphatic carbocycles. The first kappa shape index (κ1) is 25.0. The summed E-state index contributed by atoms with van der Waals surface area (Å²) in [6, 6.07) is 12.4. The van der Waals surface area contributed by atoms with Crippen LogP contribution in [0.5, 0.6) is 0 Å². The SMILES string of the molecule is CCNC(=NCC1CCN(Cc2cccs2)CC1)NCC1CC(=O)Nc2ccccc21.I. The Hall–Kier alpha value is -1.65. The van der Waals surface area contributed by atoms with Crippen LogP contribution in [0.3, 0.4) is 0 Å². The number of guanidine groups is 1. The minimum atomic E-state index is 0. The number of likely N-dealkylation sites (tertiary alicyclic amines) is 1. The molecule has 0 spiro atoms. The van der Waals surface area contributed by atoms with Crippen LogP contribution in [0.2, 0.25) is 0 Å². The topological polar surface area (TPSA) is 68.8 Å². The maximum absolute atomic E-state index is 12.1. The number of amides is 1. The van der Waals surface area contributed by atoms with Crippen LogP contribution in [0.4, 0.5) is 5.69 Å². The molecule has 174 valence electrons. The van der Waals surface area contributed by atoms with Crippen molar-refractivity contribution in [3.8, 4) is 0 Å². The van der Waals surface area contributed by atoms with Gasteiger partial charge in [0.1, 0.15) is 0 Å². The summed E-state index contributed by atoms with van der Waals surface area (Å²) < 4.78 is 0. The van der Waals surface area contributed by atoms with Crippen molar-refractivity contribution < 1.29 is 4.79 Å². The maximum atomic E-state index is 12.1. The van der Waals surface area contributed by atoms with Gasteiger partial charge in [-0.05, 0) is 61.8 Å². The smallest absolute Gasteiger partial charge is 0.225 e. The number of aliphatic imine (C=N–C) groups is 1. The number of anilines is 1. The van der Waals surface area contributed by atoms with Gasteiger partial charge in [0.25, 0.3) is 0 Å². The van der Waals surface area contributed by atoms with Gasteiger partial charge in [-0.15, -0.1) is 35.3 Å². The van der Waals surface area contributed by atoms with Crippen molar-refractivity contribution in [3.05, 3.63) is 52.2 Å². The molecule has 0 radical (unpaired) electrons. The lowest BCUT2D eigenvalue weighted by atomic mass is 9.90. The molecule has 2 aliphatic rings. The fourth-order valence-corrected chi connectivity index (χ4v) is 5.16. The zero-order valence-corrected chi connectivity index (χ0v) is 21.8. The van der Waals surface area contributed by atoms with Gasteiger partial charge in [0.2, 0.25) is 5.91 Å². The van der Waals surface area contributed by atoms with E-state index in [0.717, 1.165) is 44.4 Å². The minimum Gasteiger partial charge on any atom is -0.357 e. The Labute approximate surface area is 212 Å². The predicted octanol–water partition coefficient (Wildman–Crippen LogP) is 4.26. The molecule has 1 unspecified atom stereocenters. The Morgan fingerprint density at radius 2 is 2.00 bits per heavy atom. The molecule has 1 amide bonds. The molecular formula is C24H34IN5OS. The van der Waals surface area contributed by atoms with Crippen LogP contribution in [0.1, 0.15) is 42.5 Å². The molecule has 32 heavy (non-hydrogen) atoms. The van der Waals surface area contributed by atoms with Crippen molar-refractivity contribution in [3.63, 3.8) is 0 Å². The van der Waals surface area contributed by atoms with E-state index in [0.29, 0.717) is 18.9 Å². The van der Waals surface area contributed by atoms with Crippen LogP contribution in [-0.4, -0.2) is 49.5 Å². The number of carbonyl (C=O) groups is 1. The molecule has 6 nitrogen and oxygen atoms in total. The molecular weight excluding hydrogens is 533 g/mol. The number of hydrogen-bond acceptors (Lipinski definition) is 4. The molecule has 3 N–H and O–H groups in total. The van der Waals surface area contributed by atoms with Gasteiger partial charge in [-0.1, -0.05) is 24.3 Å². The quantitative estimate of drug-likeness (QED) is 0.266. The third-order valence-electron chi connectivity index (χ3n) is 6.14. The van der Waals surface area contributed by atoms with Gasteiger partial charge in [0.15, 0.2) is 5.96 Å². The number of para-hydroxylation sites is 1. The molecule has 1 fully saturated rings. The third-order valence-corrected chi connectivity index (χ3v) is 7.00. The number of halogens is 1. The number of nitrogens with one attached hydrogen (secondary N) is 3. The summed E-state index contributed by atoms with van der Waals surface area (Å²) in [6.45, 7) is 7.84. The molecule has 2 aromatic rings. The van der Waals surface area contributed by atoms with Crippen LogP contribution < -0.4 is 16.0 Å². The number of benzene rings is 1. The van der Waals surface area contributed by atoms with Gasteiger partial charge in [-0.3, -0.25) is 14.7 Å². The van der Waals surface area contributed by atoms with Gasteiger partial charge in [-0.25, -0.2) is 0 Å². The highest BCUT2D eigenvalue weighted by molar-refractivity contribution is 14.0. The summed E-state index contributed by atoms with van der Waals surface area (Å²) in [6.07, 6.45) is 2.90. The number of piperidine rings is 1. The lowest BCUT2D eigenvalue weighted by Gasteiger charge is -2.31. The molecule has 8 heteroatoms. The standard InChI is InChI=1S/C24H33N5OS.HI/c1-2-25-24(27-16-19-14-23(30)28-22-8-4-3-7-21(19)22)26-15-18-9-11-29(12-10-18)17-20-6-5-13-31-20;/h3-8,13,18-19H,2,9-12,14-17H2,1H3,(H,28,30)(H2,25,26,27);1H. The van der Waals surface area contributed by atoms with Crippen LogP contribution >= 0.6 is 35.3 Å². The lowest BCUT2D eigenvalue weighted by Crippen LogP contribution is -2.41. The monoisotopic (exact) mass is 567 g/mol. The second-order valence-electron chi connectivity index (χ2n) is 8.44. The van der Waals surface area contributed by atoms with E-state index in [4.69, 9.17) is 4.99 Å². The Kier molecular flexibility index (Phi) is 9.80. The van der Waals surface area contributed by atoms with Crippen molar-refractivity contribution >= 4 is 52.9 Å². The molecule has 1 aromatic heterocycles. The predicted molar refractivity (Wildman–Crippen MR) is 144 cm³/mol. The summed E-state index contributed by atoms with van der Waals surface area (Å²) >= 11 is 1.84. The number of fused-ring (bicyclic) bond motifs is 1. The fourth-order valence-electron chi connectivity index (χ4n) is 4.42. The van der Waals surface area contributed by atoms with E-state index in [9.17, 15) is 4.79 Å². The second-order valence-corrected chi connectivity index (χ2v) is 9.47. The molecule has 1 aromatic carbocycles. The minimum absolute atomic E-state index is 0. The molecule has 4 rings (SSSR count). The molecule has 1 saturated heterocycles. The van der Waals surface area contributed by atoms with Crippen LogP contribution in [-0.2, 0) is 11.3 Å². The van der Waals surface area contributed by atoms with Crippen molar-refractivity contribution in [2.75, 3.05) is 38.0 Å². The highest BCUT2D eigenvalue weighted by atomic mass is 127. The summed E-state index contributed by atoms with van der Waals surface area (Å²) in [5.41, 5.74) is 2.13. The summed E-state index contributed by atoms with van der Waals surface area (Å²) in [7, 11) is 0. The van der Waals surface area contributed by atoms with Gasteiger partial charge in [0.05, 0.1) is 0 Å². The van der Waals surface area contributed by atoms with E-state index < -0.39 is 0 Å². The Morgan fingerprint density at radius 1 is 1.19 bits per heavy atom. The van der Waals surface area contributed by atoms with Crippen molar-refractivity contribution in [2.24, 2.45) is 10.9 Å². The van der Waals surface area contributed by atoms with Crippen LogP contribution in [0.15, 0.2) is 46.8 Å². The fraction of sp³-hybridized carbons (Fsp3) is 0.500. The highest BCUT2D eigenvalue weighted by Crippen LogP contribution is 2.31. The first-order valence-corrected chi connectivity index (χ1v) is 12.2. The van der Waals surface area contributed by atoms with Crippen molar-refractivity contribution in [1.82, 2.24) is 15.5 Å². The normalized spacial score (nSPS) is 19.6. The van der Waals surface area contributed by atoms with Gasteiger partial charge < -0.3 is 16.0 Å². The van der Waals surface area contributed by atoms with Gasteiger partial charge in [0, 0.05) is 49.1 Å².